The van der Waals surface area contributed by atoms with E-state index in [1.807, 2.05) is 6.08 Å². The maximum absolute atomic E-state index is 11.9. The molecule has 0 aliphatic carbocycles. The molecule has 1 amide bonds. The Balaban J connectivity index is 1.89. The van der Waals surface area contributed by atoms with E-state index in [0.29, 0.717) is 24.3 Å². The van der Waals surface area contributed by atoms with Crippen molar-refractivity contribution in [3.8, 4) is 0 Å². The van der Waals surface area contributed by atoms with Crippen molar-refractivity contribution in [2.45, 2.75) is 32.2 Å². The summed E-state index contributed by atoms with van der Waals surface area (Å²) in [7, 11) is 0. The first-order valence-electron chi connectivity index (χ1n) is 6.39. The molecule has 3 heteroatoms. The molecule has 1 atom stereocenters. The van der Waals surface area contributed by atoms with Gasteiger partial charge in [0.05, 0.1) is 0 Å². The molecule has 2 aliphatic heterocycles. The maximum atomic E-state index is 11.9. The van der Waals surface area contributed by atoms with Gasteiger partial charge in [-0.3, -0.25) is 4.79 Å². The topological polar surface area (TPSA) is 23.6 Å². The number of nitrogens with zero attached hydrogens (tertiary/aromatic N) is 2. The van der Waals surface area contributed by atoms with Crippen LogP contribution in [0.3, 0.4) is 0 Å². The minimum absolute atomic E-state index is 0.333. The molecule has 16 heavy (non-hydrogen) atoms. The Morgan fingerprint density at radius 1 is 1.44 bits per heavy atom. The van der Waals surface area contributed by atoms with Gasteiger partial charge in [-0.15, -0.1) is 6.58 Å². The first-order valence-corrected chi connectivity index (χ1v) is 6.39. The van der Waals surface area contributed by atoms with Crippen molar-refractivity contribution in [3.05, 3.63) is 12.7 Å². The van der Waals surface area contributed by atoms with Gasteiger partial charge in [-0.1, -0.05) is 13.0 Å². The van der Waals surface area contributed by atoms with Gasteiger partial charge in [-0.25, -0.2) is 0 Å². The molecule has 3 nitrogen and oxygen atoms in total. The predicted octanol–water partition coefficient (Wildman–Crippen LogP) is 1.51. The quantitative estimate of drug-likeness (QED) is 0.676. The highest BCUT2D eigenvalue weighted by Crippen LogP contribution is 2.25. The van der Waals surface area contributed by atoms with Gasteiger partial charge in [0, 0.05) is 38.0 Å². The molecule has 90 valence electrons. The second kappa shape index (κ2) is 5.00. The molecule has 2 saturated heterocycles. The fourth-order valence-electron chi connectivity index (χ4n) is 2.82. The minimum atomic E-state index is 0.333. The molecular formula is C13H22N2O. The van der Waals surface area contributed by atoms with Gasteiger partial charge >= 0.3 is 0 Å². The van der Waals surface area contributed by atoms with Gasteiger partial charge in [-0.2, -0.15) is 0 Å². The third-order valence-electron chi connectivity index (χ3n) is 3.97. The molecule has 0 aromatic heterocycles. The maximum Gasteiger partial charge on any atom is 0.223 e. The third-order valence-corrected chi connectivity index (χ3v) is 3.97. The van der Waals surface area contributed by atoms with Crippen LogP contribution in [0.1, 0.15) is 26.2 Å². The Hall–Kier alpha value is -0.830. The van der Waals surface area contributed by atoms with Crippen molar-refractivity contribution >= 4 is 5.91 Å². The van der Waals surface area contributed by atoms with E-state index in [1.165, 1.54) is 0 Å². The summed E-state index contributed by atoms with van der Waals surface area (Å²) in [4.78, 5) is 16.4. The van der Waals surface area contributed by atoms with Gasteiger partial charge in [0.1, 0.15) is 0 Å². The van der Waals surface area contributed by atoms with E-state index in [-0.39, 0.29) is 0 Å². The zero-order valence-electron chi connectivity index (χ0n) is 10.2. The normalized spacial score (nSPS) is 28.7. The zero-order chi connectivity index (χ0) is 11.5. The van der Waals surface area contributed by atoms with Crippen LogP contribution in [0.25, 0.3) is 0 Å². The van der Waals surface area contributed by atoms with Crippen LogP contribution in [0.2, 0.25) is 0 Å². The standard InChI is InChI=1S/C13H22N2O/c1-3-11-9-13(16)15(10-11)12-5-7-14(4-2)8-6-12/h3,11-12H,1,4-10H2,2H3. The number of piperidine rings is 1. The summed E-state index contributed by atoms with van der Waals surface area (Å²) in [5, 5.41) is 0. The van der Waals surface area contributed by atoms with Crippen LogP contribution in [-0.4, -0.2) is 47.9 Å². The number of hydrogen-bond donors (Lipinski definition) is 0. The van der Waals surface area contributed by atoms with Crippen LogP contribution < -0.4 is 0 Å². The van der Waals surface area contributed by atoms with Crippen molar-refractivity contribution in [2.24, 2.45) is 5.92 Å². The van der Waals surface area contributed by atoms with Crippen molar-refractivity contribution in [1.29, 1.82) is 0 Å². The summed E-state index contributed by atoms with van der Waals surface area (Å²) in [6.45, 7) is 10.3. The van der Waals surface area contributed by atoms with Crippen molar-refractivity contribution in [1.82, 2.24) is 9.80 Å². The zero-order valence-corrected chi connectivity index (χ0v) is 10.2. The van der Waals surface area contributed by atoms with Gasteiger partial charge in [0.2, 0.25) is 5.91 Å². The Morgan fingerprint density at radius 3 is 2.62 bits per heavy atom. The number of carbonyl (C=O) groups excluding carboxylic acids is 1. The lowest BCUT2D eigenvalue weighted by atomic mass is 10.0. The van der Waals surface area contributed by atoms with Crippen LogP contribution in [-0.2, 0) is 4.79 Å². The monoisotopic (exact) mass is 222 g/mol. The largest absolute Gasteiger partial charge is 0.339 e. The summed E-state index contributed by atoms with van der Waals surface area (Å²) >= 11 is 0. The Labute approximate surface area is 98.1 Å². The summed E-state index contributed by atoms with van der Waals surface area (Å²) in [6, 6.07) is 0.486. The molecule has 1 unspecified atom stereocenters. The fraction of sp³-hybridized carbons (Fsp3) is 0.769. The second-order valence-corrected chi connectivity index (χ2v) is 4.91. The second-order valence-electron chi connectivity index (χ2n) is 4.91. The lowest BCUT2D eigenvalue weighted by molar-refractivity contribution is -0.130. The highest BCUT2D eigenvalue weighted by molar-refractivity contribution is 5.79. The number of likely N-dealkylation sites (tertiary alicyclic amines) is 2. The van der Waals surface area contributed by atoms with Crippen molar-refractivity contribution < 1.29 is 4.79 Å². The fourth-order valence-corrected chi connectivity index (χ4v) is 2.82. The van der Waals surface area contributed by atoms with Crippen LogP contribution in [0.15, 0.2) is 12.7 Å². The highest BCUT2D eigenvalue weighted by Gasteiger charge is 2.34. The molecule has 0 aromatic carbocycles. The third kappa shape index (κ3) is 2.29. The number of carbonyl (C=O) groups is 1. The Bertz CT molecular complexity index is 269. The van der Waals surface area contributed by atoms with E-state index in [2.05, 4.69) is 23.3 Å². The van der Waals surface area contributed by atoms with E-state index in [1.54, 1.807) is 0 Å². The van der Waals surface area contributed by atoms with Crippen LogP contribution in [0.5, 0.6) is 0 Å². The van der Waals surface area contributed by atoms with E-state index < -0.39 is 0 Å². The molecule has 2 fully saturated rings. The molecular weight excluding hydrogens is 200 g/mol. The number of rotatable bonds is 3. The highest BCUT2D eigenvalue weighted by atomic mass is 16.2. The first-order chi connectivity index (χ1) is 7.74. The van der Waals surface area contributed by atoms with Gasteiger partial charge in [0.25, 0.3) is 0 Å². The molecule has 2 rings (SSSR count). The summed E-state index contributed by atoms with van der Waals surface area (Å²) in [5.41, 5.74) is 0. The van der Waals surface area contributed by atoms with E-state index in [4.69, 9.17) is 0 Å². The molecule has 2 aliphatic rings. The lowest BCUT2D eigenvalue weighted by Crippen LogP contribution is -2.45. The smallest absolute Gasteiger partial charge is 0.223 e. The minimum Gasteiger partial charge on any atom is -0.339 e. The van der Waals surface area contributed by atoms with Crippen molar-refractivity contribution in [2.75, 3.05) is 26.2 Å². The molecule has 0 N–H and O–H groups in total. The number of amides is 1. The van der Waals surface area contributed by atoms with E-state index in [9.17, 15) is 4.79 Å². The molecule has 0 saturated carbocycles. The van der Waals surface area contributed by atoms with Crippen LogP contribution >= 0.6 is 0 Å². The summed E-state index contributed by atoms with van der Waals surface area (Å²) < 4.78 is 0. The predicted molar refractivity (Wildman–Crippen MR) is 65.2 cm³/mol. The summed E-state index contributed by atoms with van der Waals surface area (Å²) in [5.74, 6) is 0.719. The van der Waals surface area contributed by atoms with Crippen LogP contribution in [0.4, 0.5) is 0 Å². The Morgan fingerprint density at radius 2 is 2.12 bits per heavy atom. The summed E-state index contributed by atoms with van der Waals surface area (Å²) in [6.07, 6.45) is 4.89. The molecule has 2 heterocycles. The van der Waals surface area contributed by atoms with Crippen LogP contribution in [0, 0.1) is 5.92 Å². The van der Waals surface area contributed by atoms with E-state index >= 15 is 0 Å². The van der Waals surface area contributed by atoms with Gasteiger partial charge in [-0.05, 0) is 19.4 Å². The van der Waals surface area contributed by atoms with Crippen molar-refractivity contribution in [3.63, 3.8) is 0 Å². The SMILES string of the molecule is C=CC1CC(=O)N(C2CCN(CC)CC2)C1. The van der Waals surface area contributed by atoms with Gasteiger partial charge < -0.3 is 9.80 Å². The lowest BCUT2D eigenvalue weighted by Gasteiger charge is -2.36. The van der Waals surface area contributed by atoms with Gasteiger partial charge in [0.15, 0.2) is 0 Å². The average Bonchev–Trinajstić information content (AvgIpc) is 2.71. The average molecular weight is 222 g/mol. The molecule has 0 aromatic rings. The Kier molecular flexibility index (Phi) is 3.64. The van der Waals surface area contributed by atoms with E-state index in [0.717, 1.165) is 39.0 Å². The first kappa shape index (κ1) is 11.6. The molecule has 0 spiro atoms. The molecule has 0 radical (unpaired) electrons. The molecule has 0 bridgehead atoms. The number of hydrogen-bond acceptors (Lipinski definition) is 2.